The van der Waals surface area contributed by atoms with E-state index in [4.69, 9.17) is 14.0 Å². The fourth-order valence-electron chi connectivity index (χ4n) is 1.94. The van der Waals surface area contributed by atoms with Crippen molar-refractivity contribution in [3.63, 3.8) is 0 Å². The van der Waals surface area contributed by atoms with Crippen LogP contribution in [0.1, 0.15) is 5.56 Å². The molecule has 1 heterocycles. The predicted octanol–water partition coefficient (Wildman–Crippen LogP) is -1.84. The van der Waals surface area contributed by atoms with Crippen molar-refractivity contribution in [2.24, 2.45) is 5.73 Å². The third-order valence-corrected chi connectivity index (χ3v) is 4.90. The third kappa shape index (κ3) is 4.57. The molecular weight excluding hydrogens is 344 g/mol. The lowest BCUT2D eigenvalue weighted by atomic mass is 10.2. The lowest BCUT2D eigenvalue weighted by molar-refractivity contribution is 0.467. The van der Waals surface area contributed by atoms with Crippen LogP contribution >= 0.6 is 0 Å². The van der Waals surface area contributed by atoms with Crippen LogP contribution in [-0.2, 0) is 14.8 Å². The number of phenolic OH excluding ortho intramolecular Hbond substituents is 1. The standard InChI is InChI=1S/C13H12N4O.H8O2Si3/c14-8-9-5-6-13(18)12(7-9)17-15-10-3-1-2-4-11(10)16-17;3-1-5-2-4/h1-7,18H,8,14H2;5H2,3-4H3. The largest absolute Gasteiger partial charge is 0.506 e. The zero-order valence-corrected chi connectivity index (χ0v) is 18.6. The molecule has 3 N–H and O–H groups in total. The van der Waals surface area contributed by atoms with E-state index in [0.29, 0.717) is 12.2 Å². The summed E-state index contributed by atoms with van der Waals surface area (Å²) in [5, 5.41) is 18.5. The Morgan fingerprint density at radius 3 is 2.17 bits per heavy atom. The number of aromatic hydroxyl groups is 1. The molecule has 0 saturated heterocycles. The summed E-state index contributed by atoms with van der Waals surface area (Å²) in [5.41, 5.74) is 8.62. The molecule has 10 heteroatoms. The number of phenols is 1. The number of fused-ring (bicyclic) bond motifs is 1. The van der Waals surface area contributed by atoms with Crippen molar-refractivity contribution >= 4 is 42.0 Å². The van der Waals surface area contributed by atoms with Crippen molar-refractivity contribution in [2.75, 3.05) is 0 Å². The molecule has 3 rings (SSSR count). The summed E-state index contributed by atoms with van der Waals surface area (Å²) in [6, 6.07) is 12.7. The first kappa shape index (κ1) is 17.5. The van der Waals surface area contributed by atoms with E-state index in [9.17, 15) is 5.11 Å². The summed E-state index contributed by atoms with van der Waals surface area (Å²) in [5.74, 6) is 0.132. The molecular formula is C13H20N4O3Si3. The highest BCUT2D eigenvalue weighted by atomic mass is 28.3. The Bertz CT molecular complexity index is 734. The Hall–Kier alpha value is -1.83. The van der Waals surface area contributed by atoms with Gasteiger partial charge >= 0.3 is 0 Å². The highest BCUT2D eigenvalue weighted by molar-refractivity contribution is 6.33. The maximum absolute atomic E-state index is 9.87. The highest BCUT2D eigenvalue weighted by Gasteiger charge is 2.08. The lowest BCUT2D eigenvalue weighted by Crippen LogP contribution is -2.02. The van der Waals surface area contributed by atoms with Gasteiger partial charge in [0, 0.05) is 6.54 Å². The van der Waals surface area contributed by atoms with Gasteiger partial charge < -0.3 is 19.1 Å². The molecule has 0 aliphatic carbocycles. The van der Waals surface area contributed by atoms with Gasteiger partial charge in [0.1, 0.15) is 43.4 Å². The first-order chi connectivity index (χ1) is 11.2. The molecule has 1 aromatic heterocycles. The van der Waals surface area contributed by atoms with Gasteiger partial charge in [-0.2, -0.15) is 0 Å². The number of hydrogen-bond donors (Lipinski definition) is 2. The van der Waals surface area contributed by atoms with Gasteiger partial charge in [-0.05, 0) is 29.8 Å². The van der Waals surface area contributed by atoms with Crippen molar-refractivity contribution in [3.05, 3.63) is 48.0 Å². The van der Waals surface area contributed by atoms with Gasteiger partial charge in [0.05, 0.1) is 0 Å². The second-order valence-corrected chi connectivity index (χ2v) is 9.56. The Labute approximate surface area is 142 Å². The Morgan fingerprint density at radius 1 is 1.09 bits per heavy atom. The van der Waals surface area contributed by atoms with Gasteiger partial charge in [-0.15, -0.1) is 15.0 Å². The first-order valence-electron chi connectivity index (χ1n) is 7.02. The molecule has 2 aromatic carbocycles. The van der Waals surface area contributed by atoms with Gasteiger partial charge in [0.2, 0.25) is 0 Å². The molecule has 0 aliphatic heterocycles. The second kappa shape index (κ2) is 8.71. The van der Waals surface area contributed by atoms with Crippen LogP contribution in [0.15, 0.2) is 42.5 Å². The van der Waals surface area contributed by atoms with E-state index in [1.165, 1.54) is 4.80 Å². The third-order valence-electron chi connectivity index (χ3n) is 3.01. The summed E-state index contributed by atoms with van der Waals surface area (Å²) < 4.78 is 9.56. The molecule has 0 spiro atoms. The van der Waals surface area contributed by atoms with Crippen LogP contribution in [-0.4, -0.2) is 51.1 Å². The van der Waals surface area contributed by atoms with E-state index >= 15 is 0 Å². The van der Waals surface area contributed by atoms with E-state index in [1.54, 1.807) is 18.2 Å². The van der Waals surface area contributed by atoms with Crippen LogP contribution in [0.4, 0.5) is 0 Å². The molecule has 0 aliphatic rings. The monoisotopic (exact) mass is 364 g/mol. The van der Waals surface area contributed by atoms with E-state index in [2.05, 4.69) is 10.2 Å². The number of nitrogens with two attached hydrogens (primary N) is 1. The quantitative estimate of drug-likeness (QED) is 0.529. The van der Waals surface area contributed by atoms with Gasteiger partial charge in [-0.25, -0.2) is 0 Å². The molecule has 122 valence electrons. The number of rotatable bonds is 4. The summed E-state index contributed by atoms with van der Waals surface area (Å²) in [4.78, 5) is 1.43. The minimum absolute atomic E-state index is 0.132. The van der Waals surface area contributed by atoms with Gasteiger partial charge in [0.25, 0.3) is 10.0 Å². The predicted molar refractivity (Wildman–Crippen MR) is 99.0 cm³/mol. The minimum Gasteiger partial charge on any atom is -0.506 e. The van der Waals surface area contributed by atoms with Gasteiger partial charge in [-0.3, -0.25) is 0 Å². The van der Waals surface area contributed by atoms with Gasteiger partial charge in [-0.1, -0.05) is 18.2 Å². The zero-order chi connectivity index (χ0) is 16.7. The van der Waals surface area contributed by atoms with Crippen LogP contribution in [0.3, 0.4) is 0 Å². The topological polar surface area (TPSA) is 95.4 Å². The molecule has 3 aromatic rings. The Balaban J connectivity index is 0.000000338. The fourth-order valence-corrected chi connectivity index (χ4v) is 5.01. The number of benzene rings is 2. The zero-order valence-electron chi connectivity index (χ0n) is 13.1. The SMILES string of the molecule is NCc1ccc(O)c(-n2nc3ccccc3n2)c1.[SiH3]O[SiH2]O[SiH3]. The summed E-state index contributed by atoms with van der Waals surface area (Å²) in [6.07, 6.45) is 0. The van der Waals surface area contributed by atoms with Crippen molar-refractivity contribution in [1.29, 1.82) is 0 Å². The fraction of sp³-hybridized carbons (Fsp3) is 0.0769. The second-order valence-electron chi connectivity index (χ2n) is 4.70. The van der Waals surface area contributed by atoms with Gasteiger partial charge in [0.15, 0.2) is 0 Å². The molecule has 0 radical (unpaired) electrons. The smallest absolute Gasteiger partial charge is 0.282 e. The summed E-state index contributed by atoms with van der Waals surface area (Å²) in [7, 11) is 1.27. The summed E-state index contributed by atoms with van der Waals surface area (Å²) >= 11 is 0. The molecule has 0 saturated carbocycles. The van der Waals surface area contributed by atoms with Crippen LogP contribution in [0.5, 0.6) is 5.75 Å². The molecule has 7 nitrogen and oxygen atoms in total. The van der Waals surface area contributed by atoms with Crippen molar-refractivity contribution in [2.45, 2.75) is 6.54 Å². The molecule has 23 heavy (non-hydrogen) atoms. The van der Waals surface area contributed by atoms with Crippen LogP contribution in [0, 0.1) is 0 Å². The lowest BCUT2D eigenvalue weighted by Gasteiger charge is -2.04. The van der Waals surface area contributed by atoms with Crippen molar-refractivity contribution in [3.8, 4) is 11.4 Å². The van der Waals surface area contributed by atoms with Crippen molar-refractivity contribution in [1.82, 2.24) is 15.0 Å². The number of aromatic nitrogens is 3. The van der Waals surface area contributed by atoms with Crippen LogP contribution in [0.2, 0.25) is 0 Å². The van der Waals surface area contributed by atoms with E-state index < -0.39 is 10.0 Å². The minimum atomic E-state index is -0.444. The Kier molecular flexibility index (Phi) is 6.64. The first-order valence-corrected chi connectivity index (χ1v) is 9.80. The normalized spacial score (nSPS) is 11.2. The Morgan fingerprint density at radius 2 is 1.70 bits per heavy atom. The van der Waals surface area contributed by atoms with E-state index in [0.717, 1.165) is 37.6 Å². The molecule has 0 fully saturated rings. The average Bonchev–Trinajstić information content (AvgIpc) is 3.00. The molecule has 0 amide bonds. The molecule has 0 atom stereocenters. The van der Waals surface area contributed by atoms with Crippen molar-refractivity contribution < 1.29 is 13.3 Å². The van der Waals surface area contributed by atoms with Crippen LogP contribution < -0.4 is 5.73 Å². The molecule has 0 unspecified atom stereocenters. The van der Waals surface area contributed by atoms with E-state index in [1.807, 2.05) is 24.3 Å². The highest BCUT2D eigenvalue weighted by Crippen LogP contribution is 2.22. The number of hydrogen-bond acceptors (Lipinski definition) is 6. The van der Waals surface area contributed by atoms with E-state index in [-0.39, 0.29) is 5.75 Å². The number of nitrogens with zero attached hydrogens (tertiary/aromatic N) is 3. The maximum Gasteiger partial charge on any atom is 0.282 e. The summed E-state index contributed by atoms with van der Waals surface area (Å²) in [6.45, 7) is 0.411. The average molecular weight is 365 g/mol. The molecule has 0 bridgehead atoms. The van der Waals surface area contributed by atoms with Crippen LogP contribution in [0.25, 0.3) is 16.7 Å². The maximum atomic E-state index is 9.87.